The lowest BCUT2D eigenvalue weighted by Gasteiger charge is -2.05. The number of thiazole rings is 1. The molecule has 0 saturated carbocycles. The molecule has 9 heteroatoms. The van der Waals surface area contributed by atoms with Crippen molar-refractivity contribution in [3.05, 3.63) is 68.8 Å². The normalized spacial score (nSPS) is 11.8. The second kappa shape index (κ2) is 8.92. The summed E-state index contributed by atoms with van der Waals surface area (Å²) in [5, 5.41) is 23.2. The van der Waals surface area contributed by atoms with Crippen LogP contribution in [0.2, 0.25) is 0 Å². The minimum Gasteiger partial charge on any atom is -0.493 e. The van der Waals surface area contributed by atoms with Crippen LogP contribution in [-0.4, -0.2) is 14.7 Å². The maximum Gasteiger partial charge on any atom is 0.345 e. The standard InChI is InChI=1S/C24H19BrN4O3S/c1-2-3-10-29-19-9-8-15(25)12-17(19)21(22(29)30)27-28-24-26-18(13-33-24)16-11-14-6-4-5-7-20(14)32-23(16)31/h4-9,11-13,30H,2-3,10H2,1H3. The number of halogens is 1. The highest BCUT2D eigenvalue weighted by Crippen LogP contribution is 2.41. The molecule has 0 radical (unpaired) electrons. The number of unbranched alkanes of at least 4 members (excludes halogenated alkanes) is 1. The fourth-order valence-electron chi connectivity index (χ4n) is 3.70. The summed E-state index contributed by atoms with van der Waals surface area (Å²) < 4.78 is 8.15. The summed E-state index contributed by atoms with van der Waals surface area (Å²) in [7, 11) is 0. The Balaban J connectivity index is 1.51. The fraction of sp³-hybridized carbons (Fsp3) is 0.167. The second-order valence-corrected chi connectivity index (χ2v) is 9.29. The van der Waals surface area contributed by atoms with Gasteiger partial charge >= 0.3 is 5.63 Å². The monoisotopic (exact) mass is 522 g/mol. The van der Waals surface area contributed by atoms with Gasteiger partial charge in [0.1, 0.15) is 5.58 Å². The van der Waals surface area contributed by atoms with Crippen LogP contribution in [0.25, 0.3) is 33.1 Å². The van der Waals surface area contributed by atoms with E-state index in [0.717, 1.165) is 33.6 Å². The number of aromatic hydroxyl groups is 1. The van der Waals surface area contributed by atoms with E-state index in [1.807, 2.05) is 41.0 Å². The van der Waals surface area contributed by atoms with Crippen LogP contribution in [0.4, 0.5) is 10.8 Å². The molecule has 0 fully saturated rings. The van der Waals surface area contributed by atoms with E-state index in [4.69, 9.17) is 4.42 Å². The lowest BCUT2D eigenvalue weighted by molar-refractivity contribution is 0.418. The third-order valence-corrected chi connectivity index (χ3v) is 6.57. The lowest BCUT2D eigenvalue weighted by Crippen LogP contribution is -2.02. The molecule has 0 unspecified atom stereocenters. The summed E-state index contributed by atoms with van der Waals surface area (Å²) in [6.45, 7) is 2.80. The molecule has 1 N–H and O–H groups in total. The summed E-state index contributed by atoms with van der Waals surface area (Å²) in [6, 6.07) is 14.9. The molecule has 7 nitrogen and oxygen atoms in total. The van der Waals surface area contributed by atoms with E-state index in [2.05, 4.69) is 38.1 Å². The quantitative estimate of drug-likeness (QED) is 0.184. The van der Waals surface area contributed by atoms with Crippen LogP contribution >= 0.6 is 27.3 Å². The molecule has 166 valence electrons. The highest BCUT2D eigenvalue weighted by Gasteiger charge is 2.17. The molecular weight excluding hydrogens is 504 g/mol. The highest BCUT2D eigenvalue weighted by molar-refractivity contribution is 9.10. The Morgan fingerprint density at radius 1 is 1.18 bits per heavy atom. The Morgan fingerprint density at radius 3 is 2.88 bits per heavy atom. The van der Waals surface area contributed by atoms with Gasteiger partial charge in [0, 0.05) is 27.2 Å². The molecule has 5 aromatic rings. The minimum atomic E-state index is -0.455. The minimum absolute atomic E-state index is 0.0762. The predicted octanol–water partition coefficient (Wildman–Crippen LogP) is 7.55. The molecule has 0 aliphatic carbocycles. The SMILES string of the molecule is CCCCn1c(O)c(N=Nc2nc(-c3cc4ccccc4oc3=O)cs2)c2cc(Br)ccc21. The van der Waals surface area contributed by atoms with Gasteiger partial charge in [0.2, 0.25) is 11.0 Å². The summed E-state index contributed by atoms with van der Waals surface area (Å²) >= 11 is 4.75. The van der Waals surface area contributed by atoms with Crippen molar-refractivity contribution >= 4 is 60.0 Å². The van der Waals surface area contributed by atoms with E-state index in [-0.39, 0.29) is 5.88 Å². The van der Waals surface area contributed by atoms with Gasteiger partial charge in [-0.25, -0.2) is 9.78 Å². The van der Waals surface area contributed by atoms with Gasteiger partial charge in [0.05, 0.1) is 16.8 Å². The highest BCUT2D eigenvalue weighted by atomic mass is 79.9. The molecular formula is C24H19BrN4O3S. The zero-order chi connectivity index (χ0) is 22.9. The number of hydrogen-bond acceptors (Lipinski definition) is 7. The van der Waals surface area contributed by atoms with Crippen LogP contribution < -0.4 is 5.63 Å². The number of hydrogen-bond donors (Lipinski definition) is 1. The Hall–Kier alpha value is -3.30. The van der Waals surface area contributed by atoms with Crippen LogP contribution in [0, 0.1) is 0 Å². The van der Waals surface area contributed by atoms with E-state index in [1.165, 1.54) is 11.3 Å². The van der Waals surface area contributed by atoms with Gasteiger partial charge < -0.3 is 14.1 Å². The van der Waals surface area contributed by atoms with Crippen molar-refractivity contribution in [2.24, 2.45) is 10.2 Å². The smallest absolute Gasteiger partial charge is 0.345 e. The molecule has 2 aromatic carbocycles. The molecule has 0 aliphatic heterocycles. The molecule has 0 saturated heterocycles. The van der Waals surface area contributed by atoms with Gasteiger partial charge in [-0.05, 0) is 36.8 Å². The van der Waals surface area contributed by atoms with Gasteiger partial charge in [0.25, 0.3) is 0 Å². The van der Waals surface area contributed by atoms with Crippen LogP contribution in [0.3, 0.4) is 0 Å². The van der Waals surface area contributed by atoms with E-state index >= 15 is 0 Å². The van der Waals surface area contributed by atoms with E-state index in [0.29, 0.717) is 34.2 Å². The Labute approximate surface area is 201 Å². The predicted molar refractivity (Wildman–Crippen MR) is 134 cm³/mol. The molecule has 5 rings (SSSR count). The van der Waals surface area contributed by atoms with Crippen LogP contribution in [0.15, 0.2) is 77.8 Å². The lowest BCUT2D eigenvalue weighted by atomic mass is 10.1. The molecule has 0 atom stereocenters. The Kier molecular flexibility index (Phi) is 5.82. The van der Waals surface area contributed by atoms with Gasteiger partial charge in [-0.15, -0.1) is 21.6 Å². The topological polar surface area (TPSA) is 93.0 Å². The van der Waals surface area contributed by atoms with Gasteiger partial charge in [-0.2, -0.15) is 0 Å². The van der Waals surface area contributed by atoms with Crippen LogP contribution in [0.5, 0.6) is 5.88 Å². The van der Waals surface area contributed by atoms with Crippen molar-refractivity contribution in [3.8, 4) is 17.1 Å². The van der Waals surface area contributed by atoms with Crippen LogP contribution in [0.1, 0.15) is 19.8 Å². The molecule has 33 heavy (non-hydrogen) atoms. The van der Waals surface area contributed by atoms with Crippen LogP contribution in [-0.2, 0) is 6.54 Å². The molecule has 0 spiro atoms. The number of rotatable bonds is 6. The fourth-order valence-corrected chi connectivity index (χ4v) is 4.70. The summed E-state index contributed by atoms with van der Waals surface area (Å²) in [6.07, 6.45) is 1.95. The van der Waals surface area contributed by atoms with Gasteiger partial charge in [0.15, 0.2) is 5.69 Å². The third kappa shape index (κ3) is 4.09. The maximum atomic E-state index is 12.4. The first-order valence-corrected chi connectivity index (χ1v) is 12.1. The first kappa shape index (κ1) is 21.5. The summed E-state index contributed by atoms with van der Waals surface area (Å²) in [5.74, 6) is 0.0762. The third-order valence-electron chi connectivity index (χ3n) is 5.35. The molecule has 0 bridgehead atoms. The van der Waals surface area contributed by atoms with Gasteiger partial charge in [-0.1, -0.05) is 47.5 Å². The Morgan fingerprint density at radius 2 is 2.03 bits per heavy atom. The first-order valence-electron chi connectivity index (χ1n) is 10.5. The number of aromatic nitrogens is 2. The average Bonchev–Trinajstić information content (AvgIpc) is 3.38. The number of fused-ring (bicyclic) bond motifs is 2. The summed E-state index contributed by atoms with van der Waals surface area (Å²) in [4.78, 5) is 16.9. The Bertz CT molecular complexity index is 1570. The molecule has 0 aliphatic rings. The number of nitrogens with zero attached hydrogens (tertiary/aromatic N) is 4. The second-order valence-electron chi connectivity index (χ2n) is 7.54. The molecule has 3 aromatic heterocycles. The van der Waals surface area contributed by atoms with Crippen molar-refractivity contribution in [1.29, 1.82) is 0 Å². The van der Waals surface area contributed by atoms with E-state index < -0.39 is 5.63 Å². The van der Waals surface area contributed by atoms with E-state index in [1.54, 1.807) is 17.5 Å². The molecule has 0 amide bonds. The molecule has 3 heterocycles. The van der Waals surface area contributed by atoms with Crippen molar-refractivity contribution in [2.45, 2.75) is 26.3 Å². The zero-order valence-electron chi connectivity index (χ0n) is 17.7. The van der Waals surface area contributed by atoms with Crippen molar-refractivity contribution < 1.29 is 9.52 Å². The van der Waals surface area contributed by atoms with Gasteiger partial charge in [-0.3, -0.25) is 0 Å². The summed E-state index contributed by atoms with van der Waals surface area (Å²) in [5.41, 5.74) is 2.21. The average molecular weight is 523 g/mol. The van der Waals surface area contributed by atoms with Crippen molar-refractivity contribution in [3.63, 3.8) is 0 Å². The zero-order valence-corrected chi connectivity index (χ0v) is 20.1. The maximum absolute atomic E-state index is 12.4. The largest absolute Gasteiger partial charge is 0.493 e. The van der Waals surface area contributed by atoms with E-state index in [9.17, 15) is 9.90 Å². The number of azo groups is 1. The number of benzene rings is 2. The van der Waals surface area contributed by atoms with Crippen molar-refractivity contribution in [1.82, 2.24) is 9.55 Å². The first-order chi connectivity index (χ1) is 16.0. The number of para-hydroxylation sites is 1. The number of aryl methyl sites for hydroxylation is 1. The van der Waals surface area contributed by atoms with Crippen molar-refractivity contribution in [2.75, 3.05) is 0 Å².